The zero-order valence-electron chi connectivity index (χ0n) is 11.7. The highest BCUT2D eigenvalue weighted by molar-refractivity contribution is 6.01. The van der Waals surface area contributed by atoms with Gasteiger partial charge in [0, 0.05) is 5.69 Å². The van der Waals surface area contributed by atoms with E-state index in [-0.39, 0.29) is 5.91 Å². The van der Waals surface area contributed by atoms with Gasteiger partial charge in [-0.2, -0.15) is 0 Å². The fourth-order valence-corrected chi connectivity index (χ4v) is 1.90. The lowest BCUT2D eigenvalue weighted by atomic mass is 10.2. The average Bonchev–Trinajstić information content (AvgIpc) is 2.99. The van der Waals surface area contributed by atoms with Gasteiger partial charge in [0.25, 0.3) is 5.91 Å². The molecule has 0 bridgehead atoms. The van der Waals surface area contributed by atoms with Gasteiger partial charge < -0.3 is 9.32 Å². The lowest BCUT2D eigenvalue weighted by molar-refractivity contribution is -0.114. The molecule has 0 saturated carbocycles. The molecule has 104 valence electrons. The third-order valence-corrected chi connectivity index (χ3v) is 2.94. The minimum Gasteiger partial charge on any atom is -0.467 e. The summed E-state index contributed by atoms with van der Waals surface area (Å²) in [6, 6.07) is 13.3. The van der Waals surface area contributed by atoms with Crippen LogP contribution >= 0.6 is 0 Å². The monoisotopic (exact) mass is 269 g/mol. The van der Waals surface area contributed by atoms with Crippen molar-refractivity contribution in [2.45, 2.75) is 26.3 Å². The Morgan fingerprint density at radius 3 is 2.65 bits per heavy atom. The Balaban J connectivity index is 2.18. The molecule has 3 heteroatoms. The van der Waals surface area contributed by atoms with Gasteiger partial charge >= 0.3 is 0 Å². The second-order valence-electron chi connectivity index (χ2n) is 4.53. The standard InChI is InChI=1S/C17H19NO2/c1-2-3-5-12-17(19)18(14-16-11-8-13-20-16)15-9-6-4-7-10-15/h4-13H,2-3,14H2,1H3/b12-5+. The molecule has 0 aliphatic rings. The summed E-state index contributed by atoms with van der Waals surface area (Å²) in [6.07, 6.45) is 7.12. The maximum Gasteiger partial charge on any atom is 0.251 e. The molecule has 1 amide bonds. The van der Waals surface area contributed by atoms with Gasteiger partial charge in [0.2, 0.25) is 0 Å². The molecule has 0 atom stereocenters. The largest absolute Gasteiger partial charge is 0.467 e. The molecule has 0 aliphatic carbocycles. The van der Waals surface area contributed by atoms with Gasteiger partial charge in [0.1, 0.15) is 5.76 Å². The zero-order chi connectivity index (χ0) is 14.2. The maximum absolute atomic E-state index is 12.3. The summed E-state index contributed by atoms with van der Waals surface area (Å²) < 4.78 is 5.34. The highest BCUT2D eigenvalue weighted by Crippen LogP contribution is 2.17. The van der Waals surface area contributed by atoms with E-state index in [0.717, 1.165) is 24.3 Å². The third kappa shape index (κ3) is 3.85. The molecule has 0 N–H and O–H groups in total. The summed E-state index contributed by atoms with van der Waals surface area (Å²) in [4.78, 5) is 14.1. The molecule has 2 aromatic rings. The van der Waals surface area contributed by atoms with E-state index >= 15 is 0 Å². The number of carbonyl (C=O) groups excluding carboxylic acids is 1. The number of unbranched alkanes of at least 4 members (excludes halogenated alkanes) is 1. The van der Waals surface area contributed by atoms with E-state index in [4.69, 9.17) is 4.42 Å². The summed E-state index contributed by atoms with van der Waals surface area (Å²) in [6.45, 7) is 2.53. The Morgan fingerprint density at radius 1 is 1.20 bits per heavy atom. The Hall–Kier alpha value is -2.29. The number of anilines is 1. The normalized spacial score (nSPS) is 10.8. The van der Waals surface area contributed by atoms with Crippen molar-refractivity contribution in [1.29, 1.82) is 0 Å². The number of rotatable bonds is 6. The smallest absolute Gasteiger partial charge is 0.251 e. The summed E-state index contributed by atoms with van der Waals surface area (Å²) in [5, 5.41) is 0. The van der Waals surface area contributed by atoms with E-state index in [1.54, 1.807) is 17.2 Å². The summed E-state index contributed by atoms with van der Waals surface area (Å²) >= 11 is 0. The van der Waals surface area contributed by atoms with Crippen molar-refractivity contribution in [3.63, 3.8) is 0 Å². The van der Waals surface area contributed by atoms with Gasteiger partial charge in [-0.15, -0.1) is 0 Å². The van der Waals surface area contributed by atoms with Crippen LogP contribution in [-0.2, 0) is 11.3 Å². The van der Waals surface area contributed by atoms with E-state index in [1.165, 1.54) is 0 Å². The number of carbonyl (C=O) groups is 1. The fraction of sp³-hybridized carbons (Fsp3) is 0.235. The molecule has 1 aromatic carbocycles. The summed E-state index contributed by atoms with van der Waals surface area (Å²) in [5.74, 6) is 0.743. The molecule has 0 fully saturated rings. The Labute approximate surface area is 119 Å². The predicted molar refractivity (Wildman–Crippen MR) is 80.4 cm³/mol. The van der Waals surface area contributed by atoms with Crippen LogP contribution in [0.4, 0.5) is 5.69 Å². The number of hydrogen-bond acceptors (Lipinski definition) is 2. The molecule has 2 rings (SSSR count). The second-order valence-corrected chi connectivity index (χ2v) is 4.53. The quantitative estimate of drug-likeness (QED) is 0.737. The van der Waals surface area contributed by atoms with Crippen LogP contribution in [0.1, 0.15) is 25.5 Å². The van der Waals surface area contributed by atoms with Crippen LogP contribution in [0.2, 0.25) is 0 Å². The van der Waals surface area contributed by atoms with Crippen LogP contribution in [0.25, 0.3) is 0 Å². The highest BCUT2D eigenvalue weighted by Gasteiger charge is 2.14. The topological polar surface area (TPSA) is 33.5 Å². The lowest BCUT2D eigenvalue weighted by Crippen LogP contribution is -2.28. The molecule has 0 unspecified atom stereocenters. The lowest BCUT2D eigenvalue weighted by Gasteiger charge is -2.20. The molecule has 0 radical (unpaired) electrons. The number of amides is 1. The third-order valence-electron chi connectivity index (χ3n) is 2.94. The molecule has 1 aromatic heterocycles. The van der Waals surface area contributed by atoms with Crippen molar-refractivity contribution < 1.29 is 9.21 Å². The van der Waals surface area contributed by atoms with Crippen molar-refractivity contribution in [2.75, 3.05) is 4.90 Å². The molecule has 3 nitrogen and oxygen atoms in total. The van der Waals surface area contributed by atoms with Crippen LogP contribution in [0, 0.1) is 0 Å². The molecule has 0 saturated heterocycles. The van der Waals surface area contributed by atoms with Gasteiger partial charge in [0.05, 0.1) is 12.8 Å². The van der Waals surface area contributed by atoms with Crippen molar-refractivity contribution in [1.82, 2.24) is 0 Å². The van der Waals surface area contributed by atoms with Gasteiger partial charge in [-0.3, -0.25) is 4.79 Å². The number of furan rings is 1. The second kappa shape index (κ2) is 7.34. The fourth-order valence-electron chi connectivity index (χ4n) is 1.90. The Kier molecular flexibility index (Phi) is 5.18. The van der Waals surface area contributed by atoms with Gasteiger partial charge in [-0.05, 0) is 36.8 Å². The first-order chi connectivity index (χ1) is 9.81. The number of para-hydroxylation sites is 1. The van der Waals surface area contributed by atoms with Crippen molar-refractivity contribution in [3.05, 3.63) is 66.6 Å². The average molecular weight is 269 g/mol. The van der Waals surface area contributed by atoms with Crippen LogP contribution in [0.15, 0.2) is 65.3 Å². The van der Waals surface area contributed by atoms with E-state index < -0.39 is 0 Å². The number of allylic oxidation sites excluding steroid dienone is 1. The minimum absolute atomic E-state index is 0.0268. The number of nitrogens with zero attached hydrogens (tertiary/aromatic N) is 1. The van der Waals surface area contributed by atoms with E-state index in [1.807, 2.05) is 48.5 Å². The number of benzene rings is 1. The van der Waals surface area contributed by atoms with Crippen LogP contribution < -0.4 is 4.90 Å². The zero-order valence-corrected chi connectivity index (χ0v) is 11.7. The summed E-state index contributed by atoms with van der Waals surface area (Å²) in [7, 11) is 0. The molecule has 20 heavy (non-hydrogen) atoms. The SMILES string of the molecule is CCC/C=C/C(=O)N(Cc1ccco1)c1ccccc1. The number of hydrogen-bond donors (Lipinski definition) is 0. The van der Waals surface area contributed by atoms with Crippen molar-refractivity contribution >= 4 is 11.6 Å². The molecular weight excluding hydrogens is 250 g/mol. The molecule has 0 spiro atoms. The van der Waals surface area contributed by atoms with Crippen molar-refractivity contribution in [2.24, 2.45) is 0 Å². The predicted octanol–water partition coefficient (Wildman–Crippen LogP) is 4.17. The first-order valence-electron chi connectivity index (χ1n) is 6.86. The molecule has 1 heterocycles. The van der Waals surface area contributed by atoms with Crippen molar-refractivity contribution in [3.8, 4) is 0 Å². The highest BCUT2D eigenvalue weighted by atomic mass is 16.3. The van der Waals surface area contributed by atoms with Crippen LogP contribution in [0.3, 0.4) is 0 Å². The Bertz CT molecular complexity index is 544. The first-order valence-corrected chi connectivity index (χ1v) is 6.86. The van der Waals surface area contributed by atoms with Crippen LogP contribution in [0.5, 0.6) is 0 Å². The van der Waals surface area contributed by atoms with E-state index in [2.05, 4.69) is 6.92 Å². The molecular formula is C17H19NO2. The summed E-state index contributed by atoms with van der Waals surface area (Å²) in [5.41, 5.74) is 0.870. The first kappa shape index (κ1) is 14.1. The van der Waals surface area contributed by atoms with Gasteiger partial charge in [0.15, 0.2) is 0 Å². The van der Waals surface area contributed by atoms with Gasteiger partial charge in [-0.25, -0.2) is 0 Å². The Morgan fingerprint density at radius 2 is 2.00 bits per heavy atom. The molecule has 0 aliphatic heterocycles. The maximum atomic E-state index is 12.3. The van der Waals surface area contributed by atoms with E-state index in [0.29, 0.717) is 6.54 Å². The van der Waals surface area contributed by atoms with Gasteiger partial charge in [-0.1, -0.05) is 37.6 Å². The van der Waals surface area contributed by atoms with Crippen LogP contribution in [-0.4, -0.2) is 5.91 Å². The minimum atomic E-state index is -0.0268. The van der Waals surface area contributed by atoms with E-state index in [9.17, 15) is 4.79 Å².